The molecule has 0 heterocycles. The Morgan fingerprint density at radius 1 is 0.793 bits per heavy atom. The van der Waals surface area contributed by atoms with Crippen LogP contribution in [-0.4, -0.2) is 37.4 Å². The minimum atomic E-state index is -6.91. The van der Waals surface area contributed by atoms with Crippen LogP contribution in [0.3, 0.4) is 0 Å². The maximum absolute atomic E-state index is 13.4. The van der Waals surface area contributed by atoms with Gasteiger partial charge in [0, 0.05) is 0 Å². The van der Waals surface area contributed by atoms with Gasteiger partial charge >= 0.3 is 54.0 Å². The summed E-state index contributed by atoms with van der Waals surface area (Å²) < 4.78 is 175. The Morgan fingerprint density at radius 2 is 1.17 bits per heavy atom. The van der Waals surface area contributed by atoms with Gasteiger partial charge in [0.15, 0.2) is 5.57 Å². The summed E-state index contributed by atoms with van der Waals surface area (Å²) in [6.07, 6.45) is -20.4. The van der Waals surface area contributed by atoms with E-state index in [0.717, 1.165) is 0 Å². The van der Waals surface area contributed by atoms with Crippen molar-refractivity contribution in [2.75, 3.05) is 0 Å². The Labute approximate surface area is 176 Å². The number of allylic oxidation sites excluding steroid dienone is 2. The van der Waals surface area contributed by atoms with Crippen molar-refractivity contribution in [1.29, 1.82) is 0 Å². The van der Waals surface area contributed by atoms with E-state index in [1.165, 1.54) is 0 Å². The Hall–Kier alpha value is -1.10. The van der Waals surface area contributed by atoms with E-state index in [0.29, 0.717) is 0 Å². The van der Waals surface area contributed by atoms with E-state index in [2.05, 4.69) is 4.74 Å². The van der Waals surface area contributed by atoms with Crippen LogP contribution in [0.25, 0.3) is 0 Å². The van der Waals surface area contributed by atoms with Gasteiger partial charge in [0.05, 0.1) is 4.90 Å². The number of rotatable bonds is 4. The topological polar surface area (TPSA) is 66.4 Å². The van der Waals surface area contributed by atoms with Crippen LogP contribution in [0.15, 0.2) is 40.5 Å². The van der Waals surface area contributed by atoms with Crippen molar-refractivity contribution in [1.82, 2.24) is 0 Å². The monoisotopic (exact) mass is 476 g/mol. The molecule has 0 aliphatic rings. The first kappa shape index (κ1) is 27.9. The van der Waals surface area contributed by atoms with Crippen molar-refractivity contribution in [3.63, 3.8) is 0 Å². The molecule has 0 aliphatic carbocycles. The smallest absolute Gasteiger partial charge is 0.744 e. The van der Waals surface area contributed by atoms with Crippen molar-refractivity contribution in [2.24, 2.45) is 0 Å². The van der Waals surface area contributed by atoms with Gasteiger partial charge in [0.1, 0.15) is 15.9 Å². The molecule has 0 spiro atoms. The van der Waals surface area contributed by atoms with Crippen LogP contribution >= 0.6 is 0 Å². The van der Waals surface area contributed by atoms with E-state index >= 15 is 0 Å². The molecule has 1 rings (SSSR count). The van der Waals surface area contributed by atoms with Gasteiger partial charge in [-0.25, -0.2) is 8.42 Å². The van der Waals surface area contributed by atoms with Crippen molar-refractivity contribution >= 4 is 10.1 Å². The maximum Gasteiger partial charge on any atom is 1.00 e. The first-order valence-electron chi connectivity index (χ1n) is 6.26. The minimum Gasteiger partial charge on any atom is -0.744 e. The summed E-state index contributed by atoms with van der Waals surface area (Å²) in [4.78, 5) is -1.11. The van der Waals surface area contributed by atoms with E-state index < -0.39 is 56.5 Å². The molecule has 0 bridgehead atoms. The second-order valence-electron chi connectivity index (χ2n) is 4.80. The Kier molecular flexibility index (Phi) is 8.24. The summed E-state index contributed by atoms with van der Waals surface area (Å²) in [5.41, 5.74) is -4.26. The third-order valence-corrected chi connectivity index (χ3v) is 3.62. The first-order chi connectivity index (χ1) is 12.2. The molecule has 4 nitrogen and oxygen atoms in total. The molecule has 0 radical (unpaired) electrons. The van der Waals surface area contributed by atoms with Crippen molar-refractivity contribution < 1.29 is 95.6 Å². The van der Waals surface area contributed by atoms with Crippen LogP contribution in [0.4, 0.5) is 48.3 Å². The fourth-order valence-corrected chi connectivity index (χ4v) is 2.08. The van der Waals surface area contributed by atoms with Gasteiger partial charge in [0.25, 0.3) is 0 Å². The fourth-order valence-electron chi connectivity index (χ4n) is 1.61. The molecule has 0 saturated carbocycles. The van der Waals surface area contributed by atoms with Gasteiger partial charge in [-0.1, -0.05) is 0 Å². The predicted molar refractivity (Wildman–Crippen MR) is 65.2 cm³/mol. The van der Waals surface area contributed by atoms with E-state index in [9.17, 15) is 61.3 Å². The second kappa shape index (κ2) is 8.56. The van der Waals surface area contributed by atoms with E-state index in [-0.39, 0.29) is 53.8 Å². The van der Waals surface area contributed by atoms with Gasteiger partial charge in [-0.2, -0.15) is 48.3 Å². The number of halogens is 11. The second-order valence-corrected chi connectivity index (χ2v) is 6.18. The average molecular weight is 476 g/mol. The van der Waals surface area contributed by atoms with Crippen LogP contribution < -0.4 is 34.3 Å². The summed E-state index contributed by atoms with van der Waals surface area (Å²) in [6, 6.07) is 0.646. The Bertz CT molecular complexity index is 836. The normalized spacial score (nSPS) is 13.5. The van der Waals surface area contributed by atoms with E-state index in [1.54, 1.807) is 0 Å². The third-order valence-electron chi connectivity index (χ3n) is 2.77. The number of alkyl halides is 11. The fraction of sp³-hybridized carbons (Fsp3) is 0.333. The molecular formula is C12H4F11NaO4S. The molecule has 0 amide bonds. The van der Waals surface area contributed by atoms with Gasteiger partial charge in [0.2, 0.25) is 5.76 Å². The third kappa shape index (κ3) is 6.70. The van der Waals surface area contributed by atoms with Crippen molar-refractivity contribution in [3.05, 3.63) is 35.6 Å². The van der Waals surface area contributed by atoms with Gasteiger partial charge in [-0.15, -0.1) is 0 Å². The molecule has 0 aliphatic heterocycles. The van der Waals surface area contributed by atoms with Crippen molar-refractivity contribution in [3.8, 4) is 5.75 Å². The maximum atomic E-state index is 13.4. The number of benzene rings is 1. The molecular weight excluding hydrogens is 472 g/mol. The quantitative estimate of drug-likeness (QED) is 0.287. The molecule has 0 atom stereocenters. The number of hydrogen-bond acceptors (Lipinski definition) is 4. The summed E-state index contributed by atoms with van der Waals surface area (Å²) in [5, 5.41) is 0. The molecule has 17 heteroatoms. The zero-order valence-corrected chi connectivity index (χ0v) is 16.3. The number of hydrogen-bond donors (Lipinski definition) is 0. The molecule has 0 N–H and O–H groups in total. The molecule has 29 heavy (non-hydrogen) atoms. The Morgan fingerprint density at radius 3 is 1.45 bits per heavy atom. The molecule has 1 aromatic carbocycles. The average Bonchev–Trinajstić information content (AvgIpc) is 2.41. The Balaban J connectivity index is 0.00000784. The van der Waals surface area contributed by atoms with Gasteiger partial charge in [-0.3, -0.25) is 0 Å². The summed E-state index contributed by atoms with van der Waals surface area (Å²) in [6.45, 7) is 0. The van der Waals surface area contributed by atoms with Crippen LogP contribution in [0.5, 0.6) is 5.75 Å². The molecule has 1 aromatic rings. The minimum absolute atomic E-state index is 0. The van der Waals surface area contributed by atoms with E-state index in [4.69, 9.17) is 0 Å². The van der Waals surface area contributed by atoms with Crippen LogP contribution in [0, 0.1) is 0 Å². The van der Waals surface area contributed by atoms with Gasteiger partial charge in [-0.05, 0) is 24.3 Å². The standard InChI is InChI=1S/C12H5F11O4S.Na/c13-9(14,12(21,22)23)8(7(10(15,16)17)11(18,19)20)27-5-1-3-6(4-2-5)28(24,25)26;/h1-4H,(H,24,25,26);/q;+1/p-1. The molecule has 0 saturated heterocycles. The molecule has 0 fully saturated rings. The van der Waals surface area contributed by atoms with Crippen molar-refractivity contribution in [2.45, 2.75) is 29.3 Å². The summed E-state index contributed by atoms with van der Waals surface area (Å²) in [7, 11) is -5.17. The summed E-state index contributed by atoms with van der Waals surface area (Å²) in [5.74, 6) is -12.0. The number of ether oxygens (including phenoxy) is 1. The van der Waals surface area contributed by atoms with Gasteiger partial charge < -0.3 is 9.29 Å². The SMILES string of the molecule is O=S(=O)([O-])c1ccc(OC(=C(C(F)(F)F)C(F)(F)F)C(F)(F)C(F)(F)F)cc1.[Na+]. The van der Waals surface area contributed by atoms with Crippen LogP contribution in [-0.2, 0) is 10.1 Å². The van der Waals surface area contributed by atoms with E-state index in [1.807, 2.05) is 0 Å². The largest absolute Gasteiger partial charge is 1.00 e. The molecule has 160 valence electrons. The van der Waals surface area contributed by atoms with Crippen LogP contribution in [0.1, 0.15) is 0 Å². The molecule has 0 aromatic heterocycles. The first-order valence-corrected chi connectivity index (χ1v) is 7.67. The van der Waals surface area contributed by atoms with Crippen LogP contribution in [0.2, 0.25) is 0 Å². The molecule has 0 unspecified atom stereocenters. The zero-order chi connectivity index (χ0) is 22.3. The summed E-state index contributed by atoms with van der Waals surface area (Å²) >= 11 is 0. The zero-order valence-electron chi connectivity index (χ0n) is 13.5. The predicted octanol–water partition coefficient (Wildman–Crippen LogP) is 1.55.